The van der Waals surface area contributed by atoms with Gasteiger partial charge in [-0.15, -0.1) is 0 Å². The molecule has 0 bridgehead atoms. The Kier molecular flexibility index (Phi) is 3.82. The van der Waals surface area contributed by atoms with Crippen LogP contribution in [0.15, 0.2) is 48.7 Å². The first kappa shape index (κ1) is 12.7. The van der Waals surface area contributed by atoms with Crippen LogP contribution in [0.2, 0.25) is 0 Å². The summed E-state index contributed by atoms with van der Waals surface area (Å²) in [5.41, 5.74) is 0.720. The summed E-state index contributed by atoms with van der Waals surface area (Å²) in [7, 11) is 0. The molecule has 0 N–H and O–H groups in total. The maximum atomic E-state index is 11.6. The van der Waals surface area contributed by atoms with Gasteiger partial charge in [-0.3, -0.25) is 10.1 Å². The van der Waals surface area contributed by atoms with Crippen molar-refractivity contribution < 1.29 is 14.5 Å². The van der Waals surface area contributed by atoms with Crippen LogP contribution in [0.4, 0.5) is 5.69 Å². The molecule has 1 heterocycles. The minimum Gasteiger partial charge on any atom is -0.456 e. The lowest BCUT2D eigenvalue weighted by Gasteiger charge is -2.04. The van der Waals surface area contributed by atoms with Gasteiger partial charge in [0.05, 0.1) is 4.92 Å². The first-order valence-corrected chi connectivity index (χ1v) is 5.48. The van der Waals surface area contributed by atoms with Crippen molar-refractivity contribution in [2.45, 2.75) is 6.61 Å². The highest BCUT2D eigenvalue weighted by atomic mass is 16.6. The van der Waals surface area contributed by atoms with Gasteiger partial charge in [-0.05, 0) is 17.7 Å². The molecule has 1 aromatic heterocycles. The third-order valence-corrected chi connectivity index (χ3v) is 2.37. The van der Waals surface area contributed by atoms with Crippen LogP contribution in [0.3, 0.4) is 0 Å². The molecule has 0 saturated heterocycles. The third-order valence-electron chi connectivity index (χ3n) is 2.37. The molecule has 0 unspecified atom stereocenters. The number of nitro benzene ring substituents is 1. The summed E-state index contributed by atoms with van der Waals surface area (Å²) in [5.74, 6) is -0.563. The van der Waals surface area contributed by atoms with E-state index in [9.17, 15) is 14.9 Å². The van der Waals surface area contributed by atoms with E-state index in [-0.39, 0.29) is 18.0 Å². The molecule has 0 fully saturated rings. The molecule has 6 nitrogen and oxygen atoms in total. The number of ether oxygens (including phenoxy) is 1. The maximum absolute atomic E-state index is 11.6. The van der Waals surface area contributed by atoms with E-state index in [0.717, 1.165) is 0 Å². The van der Waals surface area contributed by atoms with Crippen LogP contribution in [-0.2, 0) is 11.3 Å². The van der Waals surface area contributed by atoms with Crippen molar-refractivity contribution in [1.29, 1.82) is 0 Å². The fraction of sp³-hybridized carbons (Fsp3) is 0.0769. The van der Waals surface area contributed by atoms with Crippen LogP contribution in [0.5, 0.6) is 0 Å². The molecule has 0 aliphatic heterocycles. The van der Waals surface area contributed by atoms with E-state index in [1.54, 1.807) is 24.3 Å². The molecule has 2 aromatic rings. The number of esters is 1. The number of rotatable bonds is 4. The van der Waals surface area contributed by atoms with Crippen LogP contribution in [0, 0.1) is 10.1 Å². The van der Waals surface area contributed by atoms with Crippen LogP contribution in [-0.4, -0.2) is 15.9 Å². The van der Waals surface area contributed by atoms with Crippen molar-refractivity contribution in [3.63, 3.8) is 0 Å². The normalized spacial score (nSPS) is 9.89. The van der Waals surface area contributed by atoms with Gasteiger partial charge in [0, 0.05) is 18.3 Å². The molecular weight excluding hydrogens is 248 g/mol. The molecule has 0 amide bonds. The summed E-state index contributed by atoms with van der Waals surface area (Å²) < 4.78 is 5.02. The minimum absolute atomic E-state index is 0.0307. The molecular formula is C13H10N2O4. The molecule has 2 rings (SSSR count). The molecule has 1 aromatic carbocycles. The van der Waals surface area contributed by atoms with E-state index < -0.39 is 10.9 Å². The Labute approximate surface area is 108 Å². The van der Waals surface area contributed by atoms with Crippen molar-refractivity contribution in [2.24, 2.45) is 0 Å². The summed E-state index contributed by atoms with van der Waals surface area (Å²) in [5, 5.41) is 10.6. The summed E-state index contributed by atoms with van der Waals surface area (Å²) >= 11 is 0. The Balaban J connectivity index is 2.01. The van der Waals surface area contributed by atoms with E-state index >= 15 is 0 Å². The van der Waals surface area contributed by atoms with Gasteiger partial charge in [0.1, 0.15) is 12.3 Å². The van der Waals surface area contributed by atoms with Crippen molar-refractivity contribution in [3.05, 3.63) is 70.0 Å². The fourth-order valence-electron chi connectivity index (χ4n) is 1.47. The van der Waals surface area contributed by atoms with Crippen LogP contribution < -0.4 is 0 Å². The van der Waals surface area contributed by atoms with Crippen LogP contribution in [0.1, 0.15) is 16.1 Å². The first-order valence-electron chi connectivity index (χ1n) is 5.48. The van der Waals surface area contributed by atoms with Gasteiger partial charge in [-0.1, -0.05) is 18.2 Å². The number of carbonyl (C=O) groups excluding carboxylic acids is 1. The van der Waals surface area contributed by atoms with Gasteiger partial charge in [0.15, 0.2) is 0 Å². The lowest BCUT2D eigenvalue weighted by molar-refractivity contribution is -0.384. The maximum Gasteiger partial charge on any atom is 0.357 e. The smallest absolute Gasteiger partial charge is 0.357 e. The Morgan fingerprint density at radius 3 is 2.79 bits per heavy atom. The standard InChI is InChI=1S/C13H10N2O4/c16-13(12-6-1-2-7-14-12)19-9-10-4-3-5-11(8-10)15(17)18/h1-8H,9H2. The van der Waals surface area contributed by atoms with Crippen molar-refractivity contribution >= 4 is 11.7 Å². The number of benzene rings is 1. The second kappa shape index (κ2) is 5.72. The predicted molar refractivity (Wildman–Crippen MR) is 66.5 cm³/mol. The Hall–Kier alpha value is -2.76. The summed E-state index contributed by atoms with van der Waals surface area (Å²) in [6, 6.07) is 10.8. The molecule has 0 atom stereocenters. The topological polar surface area (TPSA) is 82.3 Å². The number of nitro groups is 1. The van der Waals surface area contributed by atoms with Crippen molar-refractivity contribution in [3.8, 4) is 0 Å². The van der Waals surface area contributed by atoms with Gasteiger partial charge in [-0.2, -0.15) is 0 Å². The number of hydrogen-bond donors (Lipinski definition) is 0. The number of non-ortho nitro benzene ring substituents is 1. The molecule has 0 spiro atoms. The first-order chi connectivity index (χ1) is 9.16. The van der Waals surface area contributed by atoms with Crippen LogP contribution in [0.25, 0.3) is 0 Å². The molecule has 0 radical (unpaired) electrons. The molecule has 6 heteroatoms. The fourth-order valence-corrected chi connectivity index (χ4v) is 1.47. The quantitative estimate of drug-likeness (QED) is 0.477. The predicted octanol–water partition coefficient (Wildman–Crippen LogP) is 2.35. The van der Waals surface area contributed by atoms with E-state index in [0.29, 0.717) is 5.56 Å². The number of aromatic nitrogens is 1. The zero-order chi connectivity index (χ0) is 13.7. The zero-order valence-corrected chi connectivity index (χ0v) is 9.85. The SMILES string of the molecule is O=C(OCc1cccc([N+](=O)[O-])c1)c1ccccn1. The van der Waals surface area contributed by atoms with Crippen LogP contribution >= 0.6 is 0 Å². The van der Waals surface area contributed by atoms with Gasteiger partial charge in [0.2, 0.25) is 0 Å². The second-order valence-corrected chi connectivity index (χ2v) is 3.72. The van der Waals surface area contributed by atoms with E-state index in [1.807, 2.05) is 0 Å². The molecule has 96 valence electrons. The zero-order valence-electron chi connectivity index (χ0n) is 9.85. The van der Waals surface area contributed by atoms with Crippen molar-refractivity contribution in [1.82, 2.24) is 4.98 Å². The summed E-state index contributed by atoms with van der Waals surface area (Å²) in [6.07, 6.45) is 1.49. The Morgan fingerprint density at radius 2 is 2.11 bits per heavy atom. The summed E-state index contributed by atoms with van der Waals surface area (Å²) in [6.45, 7) is -0.0307. The molecule has 19 heavy (non-hydrogen) atoms. The highest BCUT2D eigenvalue weighted by Crippen LogP contribution is 2.14. The lowest BCUT2D eigenvalue weighted by Crippen LogP contribution is -2.07. The van der Waals surface area contributed by atoms with Gasteiger partial charge in [0.25, 0.3) is 5.69 Å². The largest absolute Gasteiger partial charge is 0.456 e. The average Bonchev–Trinajstić information content (AvgIpc) is 2.46. The molecule has 0 aliphatic carbocycles. The molecule has 0 aliphatic rings. The third kappa shape index (κ3) is 3.35. The van der Waals surface area contributed by atoms with Gasteiger partial charge in [-0.25, -0.2) is 9.78 Å². The molecule has 0 saturated carbocycles. The van der Waals surface area contributed by atoms with Gasteiger partial charge < -0.3 is 4.74 Å². The van der Waals surface area contributed by atoms with E-state index in [4.69, 9.17) is 4.74 Å². The Bertz CT molecular complexity index is 599. The number of hydrogen-bond acceptors (Lipinski definition) is 5. The van der Waals surface area contributed by atoms with E-state index in [2.05, 4.69) is 4.98 Å². The number of nitrogens with zero attached hydrogens (tertiary/aromatic N) is 2. The van der Waals surface area contributed by atoms with Gasteiger partial charge >= 0.3 is 5.97 Å². The second-order valence-electron chi connectivity index (χ2n) is 3.72. The monoisotopic (exact) mass is 258 g/mol. The average molecular weight is 258 g/mol. The Morgan fingerprint density at radius 1 is 1.26 bits per heavy atom. The highest BCUT2D eigenvalue weighted by molar-refractivity contribution is 5.87. The number of carbonyl (C=O) groups is 1. The lowest BCUT2D eigenvalue weighted by atomic mass is 10.2. The van der Waals surface area contributed by atoms with E-state index in [1.165, 1.54) is 24.4 Å². The summed E-state index contributed by atoms with van der Waals surface area (Å²) in [4.78, 5) is 25.6. The number of pyridine rings is 1. The van der Waals surface area contributed by atoms with Crippen molar-refractivity contribution in [2.75, 3.05) is 0 Å². The highest BCUT2D eigenvalue weighted by Gasteiger charge is 2.10. The minimum atomic E-state index is -0.563.